The zero-order valence-electron chi connectivity index (χ0n) is 15.2. The number of nitrogens with one attached hydrogen (secondary N) is 1. The molecule has 3 heterocycles. The fraction of sp³-hybridized carbons (Fsp3) is 0.200. The lowest BCUT2D eigenvalue weighted by Crippen LogP contribution is -2.28. The van der Waals surface area contributed by atoms with E-state index in [1.165, 1.54) is 11.3 Å². The van der Waals surface area contributed by atoms with Gasteiger partial charge in [-0.15, -0.1) is 11.3 Å². The minimum atomic E-state index is -0.442. The number of methoxy groups -OCH3 is 1. The van der Waals surface area contributed by atoms with Crippen molar-refractivity contribution in [2.24, 2.45) is 5.92 Å². The van der Waals surface area contributed by atoms with E-state index in [1.54, 1.807) is 30.5 Å². The molecule has 1 aromatic carbocycles. The van der Waals surface area contributed by atoms with E-state index in [-0.39, 0.29) is 18.2 Å². The summed E-state index contributed by atoms with van der Waals surface area (Å²) >= 11 is 1.35. The molecule has 1 N–H and O–H groups in total. The average Bonchev–Trinajstić information content (AvgIpc) is 3.35. The predicted molar refractivity (Wildman–Crippen MR) is 107 cm³/mol. The Balaban J connectivity index is 1.45. The number of benzene rings is 1. The van der Waals surface area contributed by atoms with Gasteiger partial charge in [0.1, 0.15) is 5.75 Å². The van der Waals surface area contributed by atoms with Crippen LogP contribution in [0.3, 0.4) is 0 Å². The van der Waals surface area contributed by atoms with Crippen LogP contribution in [0.2, 0.25) is 0 Å². The summed E-state index contributed by atoms with van der Waals surface area (Å²) in [6.07, 6.45) is 3.58. The summed E-state index contributed by atoms with van der Waals surface area (Å²) in [7, 11) is 1.56. The lowest BCUT2D eigenvalue weighted by atomic mass is 10.1. The maximum atomic E-state index is 12.7. The molecule has 2 amide bonds. The number of pyridine rings is 1. The third kappa shape index (κ3) is 3.59. The highest BCUT2D eigenvalue weighted by molar-refractivity contribution is 7.14. The molecule has 1 saturated heterocycles. The Hall–Kier alpha value is -3.26. The number of aromatic nitrogens is 2. The number of hydrogen-bond acceptors (Lipinski definition) is 6. The van der Waals surface area contributed by atoms with E-state index in [4.69, 9.17) is 4.74 Å². The van der Waals surface area contributed by atoms with Gasteiger partial charge in [0.25, 0.3) is 0 Å². The van der Waals surface area contributed by atoms with Crippen molar-refractivity contribution in [2.75, 3.05) is 23.9 Å². The van der Waals surface area contributed by atoms with E-state index in [9.17, 15) is 9.59 Å². The topological polar surface area (TPSA) is 84.4 Å². The third-order valence-corrected chi connectivity index (χ3v) is 5.32. The minimum absolute atomic E-state index is 0.0974. The first-order chi connectivity index (χ1) is 13.7. The van der Waals surface area contributed by atoms with Crippen LogP contribution in [0.5, 0.6) is 5.75 Å². The van der Waals surface area contributed by atoms with Gasteiger partial charge in [0.15, 0.2) is 5.13 Å². The molecule has 1 fully saturated rings. The third-order valence-electron chi connectivity index (χ3n) is 4.56. The molecule has 2 aromatic heterocycles. The summed E-state index contributed by atoms with van der Waals surface area (Å²) in [6, 6.07) is 11.0. The Morgan fingerprint density at radius 2 is 2.14 bits per heavy atom. The number of ether oxygens (including phenoxy) is 1. The van der Waals surface area contributed by atoms with Gasteiger partial charge in [0.2, 0.25) is 11.8 Å². The fourth-order valence-electron chi connectivity index (χ4n) is 3.15. The number of para-hydroxylation sites is 2. The first-order valence-corrected chi connectivity index (χ1v) is 9.64. The van der Waals surface area contributed by atoms with Crippen LogP contribution < -0.4 is 15.0 Å². The van der Waals surface area contributed by atoms with Crippen LogP contribution in [0.25, 0.3) is 11.3 Å². The molecule has 4 rings (SSSR count). The van der Waals surface area contributed by atoms with Crippen LogP contribution in [-0.2, 0) is 9.59 Å². The smallest absolute Gasteiger partial charge is 0.231 e. The monoisotopic (exact) mass is 394 g/mol. The molecular weight excluding hydrogens is 376 g/mol. The van der Waals surface area contributed by atoms with Crippen molar-refractivity contribution in [3.63, 3.8) is 0 Å². The molecule has 1 aliphatic rings. The van der Waals surface area contributed by atoms with E-state index in [1.807, 2.05) is 35.7 Å². The lowest BCUT2D eigenvalue weighted by molar-refractivity contribution is -0.122. The summed E-state index contributed by atoms with van der Waals surface area (Å²) in [5.74, 6) is -0.140. The summed E-state index contributed by atoms with van der Waals surface area (Å²) < 4.78 is 5.33. The second kappa shape index (κ2) is 7.77. The predicted octanol–water partition coefficient (Wildman–Crippen LogP) is 3.21. The summed E-state index contributed by atoms with van der Waals surface area (Å²) in [6.45, 7) is 0.311. The van der Waals surface area contributed by atoms with Crippen molar-refractivity contribution in [1.29, 1.82) is 0 Å². The number of hydrogen-bond donors (Lipinski definition) is 1. The Morgan fingerprint density at radius 1 is 1.29 bits per heavy atom. The zero-order valence-corrected chi connectivity index (χ0v) is 16.0. The molecule has 0 aliphatic carbocycles. The second-order valence-corrected chi connectivity index (χ2v) is 7.20. The van der Waals surface area contributed by atoms with Gasteiger partial charge in [-0.3, -0.25) is 14.6 Å². The summed E-state index contributed by atoms with van der Waals surface area (Å²) in [5.41, 5.74) is 2.32. The van der Waals surface area contributed by atoms with E-state index >= 15 is 0 Å². The molecule has 28 heavy (non-hydrogen) atoms. The summed E-state index contributed by atoms with van der Waals surface area (Å²) in [4.78, 5) is 35.3. The van der Waals surface area contributed by atoms with Gasteiger partial charge in [-0.2, -0.15) is 0 Å². The Morgan fingerprint density at radius 3 is 2.93 bits per heavy atom. The number of amides is 2. The minimum Gasteiger partial charge on any atom is -0.495 e. The number of anilines is 2. The van der Waals surface area contributed by atoms with Crippen LogP contribution in [0.4, 0.5) is 10.8 Å². The second-order valence-electron chi connectivity index (χ2n) is 6.35. The molecule has 0 bridgehead atoms. The first-order valence-electron chi connectivity index (χ1n) is 8.76. The molecule has 8 heteroatoms. The number of carbonyl (C=O) groups is 2. The number of thiazole rings is 1. The van der Waals surface area contributed by atoms with Crippen molar-refractivity contribution < 1.29 is 14.3 Å². The van der Waals surface area contributed by atoms with Gasteiger partial charge in [-0.05, 0) is 24.3 Å². The van der Waals surface area contributed by atoms with Crippen molar-refractivity contribution in [3.05, 3.63) is 54.2 Å². The van der Waals surface area contributed by atoms with Crippen molar-refractivity contribution in [1.82, 2.24) is 9.97 Å². The van der Waals surface area contributed by atoms with Gasteiger partial charge in [0.05, 0.1) is 24.4 Å². The number of carbonyl (C=O) groups excluding carboxylic acids is 2. The van der Waals surface area contributed by atoms with Gasteiger partial charge < -0.3 is 15.0 Å². The standard InChI is InChI=1S/C20H18N4O3S/c1-27-17-7-3-2-6-16(17)24-11-14(9-18(24)25)19(26)23-20-22-15(12-28-20)13-5-4-8-21-10-13/h2-8,10,12,14H,9,11H2,1H3,(H,22,23,26)/t14-/m0/s1. The molecule has 3 aromatic rings. The van der Waals surface area contributed by atoms with Gasteiger partial charge >= 0.3 is 0 Å². The normalized spacial score (nSPS) is 16.2. The van der Waals surface area contributed by atoms with Gasteiger partial charge in [0, 0.05) is 36.3 Å². The van der Waals surface area contributed by atoms with Crippen LogP contribution in [0.1, 0.15) is 6.42 Å². The van der Waals surface area contributed by atoms with E-state index in [2.05, 4.69) is 15.3 Å². The van der Waals surface area contributed by atoms with E-state index in [0.717, 1.165) is 11.3 Å². The molecule has 7 nitrogen and oxygen atoms in total. The largest absolute Gasteiger partial charge is 0.495 e. The molecule has 1 aliphatic heterocycles. The van der Waals surface area contributed by atoms with E-state index < -0.39 is 5.92 Å². The molecule has 0 radical (unpaired) electrons. The quantitative estimate of drug-likeness (QED) is 0.718. The average molecular weight is 394 g/mol. The number of rotatable bonds is 5. The van der Waals surface area contributed by atoms with E-state index in [0.29, 0.717) is 23.1 Å². The fourth-order valence-corrected chi connectivity index (χ4v) is 3.88. The van der Waals surface area contributed by atoms with Gasteiger partial charge in [-0.1, -0.05) is 12.1 Å². The van der Waals surface area contributed by atoms with Gasteiger partial charge in [-0.25, -0.2) is 4.98 Å². The molecule has 0 spiro atoms. The maximum Gasteiger partial charge on any atom is 0.231 e. The number of nitrogens with zero attached hydrogens (tertiary/aromatic N) is 3. The highest BCUT2D eigenvalue weighted by atomic mass is 32.1. The first kappa shape index (κ1) is 18.1. The molecule has 0 saturated carbocycles. The molecule has 142 valence electrons. The van der Waals surface area contributed by atoms with Crippen LogP contribution in [0, 0.1) is 5.92 Å². The molecule has 0 unspecified atom stereocenters. The highest BCUT2D eigenvalue weighted by Crippen LogP contribution is 2.33. The van der Waals surface area contributed by atoms with Crippen molar-refractivity contribution >= 4 is 34.0 Å². The zero-order chi connectivity index (χ0) is 19.5. The SMILES string of the molecule is COc1ccccc1N1C[C@@H](C(=O)Nc2nc(-c3cccnc3)cs2)CC1=O. The van der Waals surface area contributed by atoms with Crippen LogP contribution in [0.15, 0.2) is 54.2 Å². The van der Waals surface area contributed by atoms with Crippen LogP contribution >= 0.6 is 11.3 Å². The summed E-state index contributed by atoms with van der Waals surface area (Å²) in [5, 5.41) is 5.21. The molecule has 1 atom stereocenters. The molecular formula is C20H18N4O3S. The highest BCUT2D eigenvalue weighted by Gasteiger charge is 2.36. The van der Waals surface area contributed by atoms with Crippen molar-refractivity contribution in [3.8, 4) is 17.0 Å². The Bertz CT molecular complexity index is 1010. The Kier molecular flexibility index (Phi) is 5.03. The van der Waals surface area contributed by atoms with Crippen molar-refractivity contribution in [2.45, 2.75) is 6.42 Å². The Labute approximate surface area is 166 Å². The lowest BCUT2D eigenvalue weighted by Gasteiger charge is -2.19. The van der Waals surface area contributed by atoms with Crippen LogP contribution in [-0.4, -0.2) is 35.4 Å². The maximum absolute atomic E-state index is 12.7.